The summed E-state index contributed by atoms with van der Waals surface area (Å²) in [5, 5.41) is 5.83. The molecule has 9 heteroatoms. The second-order valence-corrected chi connectivity index (χ2v) is 9.26. The molecule has 0 spiro atoms. The molecule has 4 rings (SSSR count). The van der Waals surface area contributed by atoms with Crippen LogP contribution in [0.15, 0.2) is 24.5 Å². The van der Waals surface area contributed by atoms with Crippen LogP contribution in [0.2, 0.25) is 0 Å². The summed E-state index contributed by atoms with van der Waals surface area (Å²) in [5.74, 6) is -0.00836. The summed E-state index contributed by atoms with van der Waals surface area (Å²) in [5.41, 5.74) is 6.14. The largest absolute Gasteiger partial charge is 0.464 e. The third-order valence-corrected chi connectivity index (χ3v) is 6.49. The number of aromatic nitrogens is 2. The normalized spacial score (nSPS) is 13.6. The number of benzene rings is 1. The van der Waals surface area contributed by atoms with Crippen LogP contribution < -0.4 is 15.5 Å². The van der Waals surface area contributed by atoms with Gasteiger partial charge in [0.1, 0.15) is 11.9 Å². The fourth-order valence-electron chi connectivity index (χ4n) is 4.33. The van der Waals surface area contributed by atoms with Gasteiger partial charge < -0.3 is 15.4 Å². The van der Waals surface area contributed by atoms with Gasteiger partial charge in [0.2, 0.25) is 0 Å². The molecule has 0 aliphatic heterocycles. The molecular formula is C28H42ClN5O3. The average Bonchev–Trinajstić information content (AvgIpc) is 3.59. The van der Waals surface area contributed by atoms with Crippen LogP contribution in [0.5, 0.6) is 0 Å². The van der Waals surface area contributed by atoms with Crippen LogP contribution >= 0.6 is 11.8 Å². The van der Waals surface area contributed by atoms with Crippen LogP contribution in [0.1, 0.15) is 81.5 Å². The maximum Gasteiger partial charge on any atom is 0.329 e. The number of fused-ring (bicyclic) bond motifs is 2. The Hall–Kier alpha value is -2.71. The Morgan fingerprint density at radius 3 is 2.03 bits per heavy atom. The van der Waals surface area contributed by atoms with Crippen molar-refractivity contribution in [1.29, 1.82) is 0 Å². The Bertz CT molecular complexity index is 947. The van der Waals surface area contributed by atoms with Crippen LogP contribution in [0, 0.1) is 0 Å². The van der Waals surface area contributed by atoms with Crippen LogP contribution in [0.4, 0.5) is 10.5 Å². The zero-order valence-corrected chi connectivity index (χ0v) is 23.4. The number of urea groups is 1. The summed E-state index contributed by atoms with van der Waals surface area (Å²) < 4.78 is 5.14. The first-order chi connectivity index (χ1) is 18.0. The molecule has 204 valence electrons. The number of amides is 2. The predicted molar refractivity (Wildman–Crippen MR) is 149 cm³/mol. The number of nitrogens with one attached hydrogen (secondary N) is 3. The van der Waals surface area contributed by atoms with E-state index < -0.39 is 18.0 Å². The van der Waals surface area contributed by atoms with E-state index in [0.717, 1.165) is 50.8 Å². The van der Waals surface area contributed by atoms with Gasteiger partial charge in [0, 0.05) is 31.0 Å². The quantitative estimate of drug-likeness (QED) is 0.315. The zero-order chi connectivity index (χ0) is 27.0. The van der Waals surface area contributed by atoms with E-state index in [-0.39, 0.29) is 13.0 Å². The predicted octanol–water partition coefficient (Wildman–Crippen LogP) is 5.31. The van der Waals surface area contributed by atoms with Gasteiger partial charge >= 0.3 is 12.0 Å². The standard InChI is InChI=1S/C22H26N4O3.C4H10.C2H6ClN/c1-2-29-21(27)18(13-19-23-10-5-11-24-19)25-22(28)26-20-16-8-3-6-14(16)12-15-7-4-9-17(15)20;1-3-4-2;1-2-4-3/h5,10-12,18H,2-4,6-9,13H2,1H3,(H2,25,26,28);3-4H2,1-2H3;4H,2H2,1H3. The van der Waals surface area contributed by atoms with E-state index in [1.807, 2.05) is 6.92 Å². The maximum absolute atomic E-state index is 12.9. The van der Waals surface area contributed by atoms with Crippen LogP contribution in [0.3, 0.4) is 0 Å². The molecule has 0 bridgehead atoms. The number of hydrogen-bond acceptors (Lipinski definition) is 6. The number of carbonyl (C=O) groups is 2. The van der Waals surface area contributed by atoms with Gasteiger partial charge in [-0.2, -0.15) is 0 Å². The van der Waals surface area contributed by atoms with Crippen molar-refractivity contribution in [3.05, 3.63) is 52.6 Å². The van der Waals surface area contributed by atoms with Gasteiger partial charge in [-0.25, -0.2) is 24.4 Å². The van der Waals surface area contributed by atoms with Crippen molar-refractivity contribution in [2.45, 2.75) is 91.5 Å². The zero-order valence-electron chi connectivity index (χ0n) is 22.7. The van der Waals surface area contributed by atoms with E-state index in [2.05, 4.69) is 45.4 Å². The Morgan fingerprint density at radius 2 is 1.54 bits per heavy atom. The van der Waals surface area contributed by atoms with E-state index >= 15 is 0 Å². The molecular weight excluding hydrogens is 490 g/mol. The molecule has 0 saturated heterocycles. The topological polar surface area (TPSA) is 105 Å². The molecule has 1 unspecified atom stereocenters. The highest BCUT2D eigenvalue weighted by molar-refractivity contribution is 6.13. The number of halogens is 1. The molecule has 0 saturated carbocycles. The highest BCUT2D eigenvalue weighted by Crippen LogP contribution is 2.38. The van der Waals surface area contributed by atoms with Crippen LogP contribution in [0.25, 0.3) is 0 Å². The number of nitrogens with zero attached hydrogens (tertiary/aromatic N) is 2. The Kier molecular flexibility index (Phi) is 14.0. The summed E-state index contributed by atoms with van der Waals surface area (Å²) >= 11 is 4.94. The minimum Gasteiger partial charge on any atom is -0.464 e. The van der Waals surface area contributed by atoms with Crippen molar-refractivity contribution in [2.24, 2.45) is 0 Å². The van der Waals surface area contributed by atoms with E-state index in [1.54, 1.807) is 25.4 Å². The van der Waals surface area contributed by atoms with Gasteiger partial charge in [-0.15, -0.1) is 0 Å². The molecule has 1 aromatic carbocycles. The number of carbonyl (C=O) groups excluding carboxylic acids is 2. The second-order valence-electron chi connectivity index (χ2n) is 8.99. The van der Waals surface area contributed by atoms with Gasteiger partial charge in [0.15, 0.2) is 0 Å². The monoisotopic (exact) mass is 531 g/mol. The van der Waals surface area contributed by atoms with Gasteiger partial charge in [0.05, 0.1) is 6.61 Å². The number of rotatable bonds is 8. The van der Waals surface area contributed by atoms with Gasteiger partial charge in [-0.05, 0) is 85.5 Å². The summed E-state index contributed by atoms with van der Waals surface area (Å²) in [6.45, 7) is 9.12. The van der Waals surface area contributed by atoms with E-state index in [9.17, 15) is 9.59 Å². The first-order valence-electron chi connectivity index (χ1n) is 13.5. The molecule has 3 N–H and O–H groups in total. The Balaban J connectivity index is 0.000000530. The summed E-state index contributed by atoms with van der Waals surface area (Å²) in [7, 11) is 0. The molecule has 0 radical (unpaired) electrons. The van der Waals surface area contributed by atoms with Crippen LogP contribution in [-0.2, 0) is 41.6 Å². The summed E-state index contributed by atoms with van der Waals surface area (Å²) in [4.78, 5) is 36.0. The molecule has 2 aliphatic carbocycles. The molecule has 1 atom stereocenters. The number of ether oxygens (including phenoxy) is 1. The van der Waals surface area contributed by atoms with Crippen molar-refractivity contribution in [3.63, 3.8) is 0 Å². The molecule has 2 aromatic rings. The summed E-state index contributed by atoms with van der Waals surface area (Å²) in [6.07, 6.45) is 12.4. The molecule has 1 heterocycles. The Labute approximate surface area is 226 Å². The third-order valence-electron chi connectivity index (χ3n) is 6.23. The van der Waals surface area contributed by atoms with Crippen molar-refractivity contribution in [2.75, 3.05) is 18.5 Å². The maximum atomic E-state index is 12.9. The van der Waals surface area contributed by atoms with Crippen molar-refractivity contribution in [3.8, 4) is 0 Å². The van der Waals surface area contributed by atoms with Gasteiger partial charge in [-0.1, -0.05) is 39.7 Å². The third kappa shape index (κ3) is 9.59. The molecule has 8 nitrogen and oxygen atoms in total. The SMILES string of the molecule is CCCC.CCNCl.CCOC(=O)C(Cc1ncccn1)NC(=O)Nc1c2c(cc3c1CCC3)CCC2. The molecule has 0 fully saturated rings. The lowest BCUT2D eigenvalue weighted by Gasteiger charge is -2.20. The minimum absolute atomic E-state index is 0.179. The fraction of sp³-hybridized carbons (Fsp3) is 0.571. The number of hydrogen-bond donors (Lipinski definition) is 3. The van der Waals surface area contributed by atoms with Crippen molar-refractivity contribution < 1.29 is 14.3 Å². The first kappa shape index (κ1) is 30.5. The molecule has 2 amide bonds. The average molecular weight is 532 g/mol. The number of unbranched alkanes of at least 4 members (excludes halogenated alkanes) is 1. The molecule has 2 aliphatic rings. The van der Waals surface area contributed by atoms with Crippen molar-refractivity contribution >= 4 is 29.5 Å². The first-order valence-corrected chi connectivity index (χ1v) is 13.9. The fourth-order valence-corrected chi connectivity index (χ4v) is 4.33. The highest BCUT2D eigenvalue weighted by atomic mass is 35.5. The van der Waals surface area contributed by atoms with Crippen molar-refractivity contribution in [1.82, 2.24) is 20.1 Å². The lowest BCUT2D eigenvalue weighted by atomic mass is 9.99. The smallest absolute Gasteiger partial charge is 0.329 e. The summed E-state index contributed by atoms with van der Waals surface area (Å²) in [6, 6.07) is 2.79. The lowest BCUT2D eigenvalue weighted by molar-refractivity contribution is -0.145. The van der Waals surface area contributed by atoms with E-state index in [1.165, 1.54) is 35.1 Å². The highest BCUT2D eigenvalue weighted by Gasteiger charge is 2.27. The number of anilines is 1. The van der Waals surface area contributed by atoms with Crippen LogP contribution in [-0.4, -0.2) is 41.2 Å². The second kappa shape index (κ2) is 16.9. The number of aryl methyl sites for hydroxylation is 2. The van der Waals surface area contributed by atoms with E-state index in [4.69, 9.17) is 16.5 Å². The number of esters is 1. The van der Waals surface area contributed by atoms with Gasteiger partial charge in [-0.3, -0.25) is 0 Å². The molecule has 1 aromatic heterocycles. The Morgan fingerprint density at radius 1 is 0.973 bits per heavy atom. The lowest BCUT2D eigenvalue weighted by Crippen LogP contribution is -2.45. The van der Waals surface area contributed by atoms with Gasteiger partial charge in [0.25, 0.3) is 0 Å². The molecule has 37 heavy (non-hydrogen) atoms. The van der Waals surface area contributed by atoms with E-state index in [0.29, 0.717) is 5.82 Å². The minimum atomic E-state index is -0.845.